The van der Waals surface area contributed by atoms with Gasteiger partial charge in [-0.05, 0) is 38.7 Å². The van der Waals surface area contributed by atoms with Gasteiger partial charge in [-0.15, -0.1) is 0 Å². The Labute approximate surface area is 125 Å². The highest BCUT2D eigenvalue weighted by atomic mass is 32.2. The van der Waals surface area contributed by atoms with Crippen LogP contribution in [0, 0.1) is 5.92 Å². The number of rotatable bonds is 8. The first-order chi connectivity index (χ1) is 9.81. The van der Waals surface area contributed by atoms with Crippen LogP contribution < -0.4 is 4.72 Å². The van der Waals surface area contributed by atoms with Gasteiger partial charge in [0.1, 0.15) is 10.6 Å². The average molecular weight is 314 g/mol. The van der Waals surface area contributed by atoms with Gasteiger partial charge >= 0.3 is 5.97 Å². The number of nitrogens with zero attached hydrogens (tertiary/aromatic N) is 1. The van der Waals surface area contributed by atoms with E-state index in [0.29, 0.717) is 6.54 Å². The number of aromatic carboxylic acids is 1. The molecule has 0 atom stereocenters. The lowest BCUT2D eigenvalue weighted by molar-refractivity contribution is 0.0683. The topological polar surface area (TPSA) is 88.4 Å². The third-order valence-electron chi connectivity index (χ3n) is 3.69. The normalized spacial score (nSPS) is 15.6. The molecule has 2 N–H and O–H groups in total. The lowest BCUT2D eigenvalue weighted by atomic mass is 10.2. The van der Waals surface area contributed by atoms with Crippen molar-refractivity contribution in [2.24, 2.45) is 5.92 Å². The Morgan fingerprint density at radius 1 is 1.48 bits per heavy atom. The third-order valence-corrected chi connectivity index (χ3v) is 5.12. The van der Waals surface area contributed by atoms with Crippen molar-refractivity contribution < 1.29 is 18.3 Å². The van der Waals surface area contributed by atoms with Gasteiger partial charge in [0.15, 0.2) is 0 Å². The van der Waals surface area contributed by atoms with Crippen molar-refractivity contribution in [3.63, 3.8) is 0 Å². The molecule has 6 nitrogen and oxygen atoms in total. The molecule has 1 saturated carbocycles. The molecule has 0 bridgehead atoms. The van der Waals surface area contributed by atoms with Gasteiger partial charge in [-0.25, -0.2) is 17.9 Å². The van der Waals surface area contributed by atoms with E-state index in [2.05, 4.69) is 4.72 Å². The Balaban J connectivity index is 2.07. The van der Waals surface area contributed by atoms with Crippen molar-refractivity contribution in [1.29, 1.82) is 0 Å². The number of carbonyl (C=O) groups is 1. The van der Waals surface area contributed by atoms with Crippen molar-refractivity contribution >= 4 is 16.0 Å². The zero-order chi connectivity index (χ0) is 15.6. The summed E-state index contributed by atoms with van der Waals surface area (Å²) < 4.78 is 28.4. The van der Waals surface area contributed by atoms with Crippen LogP contribution in [-0.2, 0) is 10.0 Å². The second-order valence-corrected chi connectivity index (χ2v) is 7.62. The van der Waals surface area contributed by atoms with Crippen LogP contribution in [0.5, 0.6) is 0 Å². The molecule has 1 aromatic rings. The number of nitrogens with one attached hydrogen (secondary N) is 1. The van der Waals surface area contributed by atoms with Gasteiger partial charge in [0, 0.05) is 18.8 Å². The summed E-state index contributed by atoms with van der Waals surface area (Å²) in [6.45, 7) is 4.02. The summed E-state index contributed by atoms with van der Waals surface area (Å²) in [7, 11) is -3.64. The molecule has 0 aromatic carbocycles. The quantitative estimate of drug-likeness (QED) is 0.720. The molecule has 0 saturated heterocycles. The first-order valence-corrected chi connectivity index (χ1v) is 8.74. The van der Waals surface area contributed by atoms with E-state index in [1.165, 1.54) is 29.7 Å². The third kappa shape index (κ3) is 4.07. The number of aromatic nitrogens is 1. The summed E-state index contributed by atoms with van der Waals surface area (Å²) in [5.41, 5.74) is -0.0108. The summed E-state index contributed by atoms with van der Waals surface area (Å²) in [5.74, 6) is -0.353. The Bertz CT molecular complexity index is 615. The van der Waals surface area contributed by atoms with Gasteiger partial charge in [0.2, 0.25) is 10.0 Å². The summed E-state index contributed by atoms with van der Waals surface area (Å²) in [6.07, 6.45) is 5.77. The molecule has 0 amide bonds. The monoisotopic (exact) mass is 314 g/mol. The van der Waals surface area contributed by atoms with Crippen molar-refractivity contribution in [3.8, 4) is 0 Å². The van der Waals surface area contributed by atoms with Crippen LogP contribution in [-0.4, -0.2) is 30.6 Å². The number of hydrogen-bond acceptors (Lipinski definition) is 3. The minimum atomic E-state index is -3.64. The minimum absolute atomic E-state index is 0.0108. The van der Waals surface area contributed by atoms with E-state index in [-0.39, 0.29) is 16.6 Å². The molecule has 1 aliphatic rings. The van der Waals surface area contributed by atoms with E-state index in [1.54, 1.807) is 0 Å². The Morgan fingerprint density at radius 2 is 2.14 bits per heavy atom. The van der Waals surface area contributed by atoms with Crippen molar-refractivity contribution in [2.75, 3.05) is 6.54 Å². The fourth-order valence-corrected chi connectivity index (χ4v) is 3.39. The number of hydrogen-bond donors (Lipinski definition) is 2. The molecule has 0 radical (unpaired) electrons. The molecule has 1 aliphatic carbocycles. The first-order valence-electron chi connectivity index (χ1n) is 7.26. The predicted octanol–water partition coefficient (Wildman–Crippen LogP) is 2.24. The summed E-state index contributed by atoms with van der Waals surface area (Å²) in [4.78, 5) is 11.2. The summed E-state index contributed by atoms with van der Waals surface area (Å²) >= 11 is 0. The number of sulfonamides is 1. The largest absolute Gasteiger partial charge is 0.477 e. The Morgan fingerprint density at radius 3 is 2.62 bits per heavy atom. The van der Waals surface area contributed by atoms with Crippen LogP contribution in [0.25, 0.3) is 0 Å². The standard InChI is InChI=1S/C14H22N2O4S/c1-10(2)16-9-12(8-13(16)14(17)18)21(19,20)15-7-3-4-11-5-6-11/h8-11,15H,3-7H2,1-2H3,(H,17,18). The smallest absolute Gasteiger partial charge is 0.352 e. The maximum Gasteiger partial charge on any atom is 0.352 e. The lowest BCUT2D eigenvalue weighted by Gasteiger charge is -2.09. The van der Waals surface area contributed by atoms with E-state index < -0.39 is 16.0 Å². The number of carboxylic acid groups (broad SMARTS) is 1. The molecular formula is C14H22N2O4S. The molecular weight excluding hydrogens is 292 g/mol. The highest BCUT2D eigenvalue weighted by Gasteiger charge is 2.23. The molecule has 0 spiro atoms. The summed E-state index contributed by atoms with van der Waals surface area (Å²) in [5, 5.41) is 9.14. The predicted molar refractivity (Wildman–Crippen MR) is 78.9 cm³/mol. The molecule has 1 heterocycles. The van der Waals surface area contributed by atoms with E-state index in [0.717, 1.165) is 18.8 Å². The van der Waals surface area contributed by atoms with Crippen molar-refractivity contribution in [3.05, 3.63) is 18.0 Å². The van der Waals surface area contributed by atoms with E-state index in [1.807, 2.05) is 13.8 Å². The van der Waals surface area contributed by atoms with E-state index in [4.69, 9.17) is 5.11 Å². The van der Waals surface area contributed by atoms with Crippen LogP contribution >= 0.6 is 0 Å². The fraction of sp³-hybridized carbons (Fsp3) is 0.643. The first kappa shape index (κ1) is 16.0. The lowest BCUT2D eigenvalue weighted by Crippen LogP contribution is -2.24. The Kier molecular flexibility index (Phi) is 4.73. The van der Waals surface area contributed by atoms with Crippen molar-refractivity contribution in [1.82, 2.24) is 9.29 Å². The molecule has 7 heteroatoms. The molecule has 118 valence electrons. The number of carboxylic acids is 1. The molecule has 0 aliphatic heterocycles. The molecule has 1 aromatic heterocycles. The maximum atomic E-state index is 12.2. The fourth-order valence-electron chi connectivity index (χ4n) is 2.29. The van der Waals surface area contributed by atoms with Crippen LogP contribution in [0.1, 0.15) is 56.1 Å². The van der Waals surface area contributed by atoms with Gasteiger partial charge in [-0.2, -0.15) is 0 Å². The molecule has 21 heavy (non-hydrogen) atoms. The van der Waals surface area contributed by atoms with E-state index in [9.17, 15) is 13.2 Å². The van der Waals surface area contributed by atoms with Gasteiger partial charge < -0.3 is 9.67 Å². The van der Waals surface area contributed by atoms with Crippen LogP contribution in [0.15, 0.2) is 17.2 Å². The Hall–Kier alpha value is -1.34. The second-order valence-electron chi connectivity index (χ2n) is 5.85. The van der Waals surface area contributed by atoms with Gasteiger partial charge in [0.25, 0.3) is 0 Å². The highest BCUT2D eigenvalue weighted by molar-refractivity contribution is 7.89. The van der Waals surface area contributed by atoms with Gasteiger partial charge in [0.05, 0.1) is 0 Å². The maximum absolute atomic E-state index is 12.2. The van der Waals surface area contributed by atoms with Gasteiger partial charge in [-0.1, -0.05) is 12.8 Å². The summed E-state index contributed by atoms with van der Waals surface area (Å²) in [6, 6.07) is 1.10. The van der Waals surface area contributed by atoms with Crippen LogP contribution in [0.3, 0.4) is 0 Å². The zero-order valence-electron chi connectivity index (χ0n) is 12.4. The van der Waals surface area contributed by atoms with E-state index >= 15 is 0 Å². The second kappa shape index (κ2) is 6.19. The van der Waals surface area contributed by atoms with Gasteiger partial charge in [-0.3, -0.25) is 0 Å². The molecule has 2 rings (SSSR count). The van der Waals surface area contributed by atoms with Crippen molar-refractivity contribution in [2.45, 2.75) is 50.5 Å². The zero-order valence-corrected chi connectivity index (χ0v) is 13.2. The SMILES string of the molecule is CC(C)n1cc(S(=O)(=O)NCCCC2CC2)cc1C(=O)O. The van der Waals surface area contributed by atoms with Crippen LogP contribution in [0.2, 0.25) is 0 Å². The molecule has 1 fully saturated rings. The molecule has 0 unspecified atom stereocenters. The highest BCUT2D eigenvalue weighted by Crippen LogP contribution is 2.33. The average Bonchev–Trinajstić information content (AvgIpc) is 3.08. The minimum Gasteiger partial charge on any atom is -0.477 e. The van der Waals surface area contributed by atoms with Crippen LogP contribution in [0.4, 0.5) is 0 Å².